The number of amides is 1. The van der Waals surface area contributed by atoms with E-state index in [1.807, 2.05) is 0 Å². The average molecular weight is 266 g/mol. The number of carbonyl (C=O) groups is 1. The van der Waals surface area contributed by atoms with E-state index in [4.69, 9.17) is 4.74 Å². The highest BCUT2D eigenvalue weighted by Crippen LogP contribution is 2.17. The number of benzene rings is 1. The molecule has 1 aliphatic heterocycles. The first-order chi connectivity index (χ1) is 9.10. The molecule has 104 valence electrons. The normalized spacial score (nSPS) is 19.6. The van der Waals surface area contributed by atoms with E-state index in [0.29, 0.717) is 30.8 Å². The van der Waals surface area contributed by atoms with Crippen molar-refractivity contribution < 1.29 is 13.9 Å². The van der Waals surface area contributed by atoms with Crippen LogP contribution in [0.1, 0.15) is 18.4 Å². The monoisotopic (exact) mass is 266 g/mol. The molecule has 0 aromatic heterocycles. The lowest BCUT2D eigenvalue weighted by Crippen LogP contribution is -2.46. The van der Waals surface area contributed by atoms with Gasteiger partial charge in [0.25, 0.3) is 0 Å². The second-order valence-electron chi connectivity index (χ2n) is 4.85. The molecule has 1 saturated heterocycles. The summed E-state index contributed by atoms with van der Waals surface area (Å²) in [5.41, 5.74) is 0.611. The van der Waals surface area contributed by atoms with E-state index in [-0.39, 0.29) is 17.8 Å². The van der Waals surface area contributed by atoms with Crippen molar-refractivity contribution in [1.82, 2.24) is 10.2 Å². The Morgan fingerprint density at radius 2 is 2.32 bits per heavy atom. The largest absolute Gasteiger partial charge is 0.497 e. The van der Waals surface area contributed by atoms with Gasteiger partial charge in [-0.05, 0) is 12.5 Å². The highest BCUT2D eigenvalue weighted by atomic mass is 19.1. The van der Waals surface area contributed by atoms with Crippen LogP contribution >= 0.6 is 0 Å². The summed E-state index contributed by atoms with van der Waals surface area (Å²) in [7, 11) is 3.31. The number of carbonyl (C=O) groups excluding carboxylic acids is 1. The first-order valence-electron chi connectivity index (χ1n) is 6.40. The van der Waals surface area contributed by atoms with E-state index < -0.39 is 0 Å². The van der Waals surface area contributed by atoms with Gasteiger partial charge in [0.2, 0.25) is 5.91 Å². The Kier molecular flexibility index (Phi) is 4.37. The molecule has 0 radical (unpaired) electrons. The van der Waals surface area contributed by atoms with Crippen LogP contribution in [0.2, 0.25) is 0 Å². The zero-order valence-electron chi connectivity index (χ0n) is 11.3. The molecule has 0 bridgehead atoms. The first kappa shape index (κ1) is 13.8. The second-order valence-corrected chi connectivity index (χ2v) is 4.85. The van der Waals surface area contributed by atoms with Gasteiger partial charge in [-0.1, -0.05) is 6.07 Å². The molecular weight excluding hydrogens is 247 g/mol. The Morgan fingerprint density at radius 1 is 1.53 bits per heavy atom. The lowest BCUT2D eigenvalue weighted by molar-refractivity contribution is -0.132. The van der Waals surface area contributed by atoms with E-state index in [2.05, 4.69) is 5.32 Å². The van der Waals surface area contributed by atoms with Crippen LogP contribution in [0.5, 0.6) is 5.75 Å². The lowest BCUT2D eigenvalue weighted by atomic mass is 10.1. The summed E-state index contributed by atoms with van der Waals surface area (Å²) in [5, 5.41) is 3.29. The minimum atomic E-state index is -0.271. The Balaban J connectivity index is 1.90. The Hall–Kier alpha value is -1.62. The number of likely N-dealkylation sites (tertiary alicyclic amines) is 1. The van der Waals surface area contributed by atoms with E-state index >= 15 is 0 Å². The third kappa shape index (κ3) is 3.44. The molecule has 0 aliphatic carbocycles. The maximum Gasteiger partial charge on any atom is 0.222 e. The Labute approximate surface area is 112 Å². The summed E-state index contributed by atoms with van der Waals surface area (Å²) < 4.78 is 18.7. The van der Waals surface area contributed by atoms with Crippen LogP contribution in [0, 0.1) is 5.82 Å². The summed E-state index contributed by atoms with van der Waals surface area (Å²) in [6.07, 6.45) is 1.36. The zero-order valence-corrected chi connectivity index (χ0v) is 11.3. The van der Waals surface area contributed by atoms with Gasteiger partial charge in [0.05, 0.1) is 7.11 Å². The topological polar surface area (TPSA) is 41.6 Å². The molecule has 1 N–H and O–H groups in total. The summed E-state index contributed by atoms with van der Waals surface area (Å²) in [6.45, 7) is 1.14. The van der Waals surface area contributed by atoms with E-state index in [1.165, 1.54) is 13.2 Å². The van der Waals surface area contributed by atoms with Crippen LogP contribution in [0.3, 0.4) is 0 Å². The third-order valence-corrected chi connectivity index (χ3v) is 3.47. The highest BCUT2D eigenvalue weighted by Gasteiger charge is 2.22. The van der Waals surface area contributed by atoms with Crippen LogP contribution in [0.25, 0.3) is 0 Å². The summed E-state index contributed by atoms with van der Waals surface area (Å²) in [5.74, 6) is 0.421. The van der Waals surface area contributed by atoms with Gasteiger partial charge in [-0.2, -0.15) is 0 Å². The molecule has 4 nitrogen and oxygen atoms in total. The van der Waals surface area contributed by atoms with Crippen molar-refractivity contribution in [3.8, 4) is 5.75 Å². The number of nitrogens with zero attached hydrogens (tertiary/aromatic N) is 1. The van der Waals surface area contributed by atoms with Crippen molar-refractivity contribution in [2.45, 2.75) is 25.4 Å². The summed E-state index contributed by atoms with van der Waals surface area (Å²) in [4.78, 5) is 13.1. The Bertz CT molecular complexity index is 465. The maximum absolute atomic E-state index is 13.7. The molecule has 1 amide bonds. The smallest absolute Gasteiger partial charge is 0.222 e. The van der Waals surface area contributed by atoms with Crippen LogP contribution < -0.4 is 10.1 Å². The lowest BCUT2D eigenvalue weighted by Gasteiger charge is -2.30. The third-order valence-electron chi connectivity index (χ3n) is 3.47. The molecule has 1 atom stereocenters. The molecule has 1 aliphatic rings. The van der Waals surface area contributed by atoms with Gasteiger partial charge >= 0.3 is 0 Å². The average Bonchev–Trinajstić information content (AvgIpc) is 2.41. The summed E-state index contributed by atoms with van der Waals surface area (Å²) >= 11 is 0. The van der Waals surface area contributed by atoms with Crippen LogP contribution in [-0.2, 0) is 11.3 Å². The molecule has 19 heavy (non-hydrogen) atoms. The number of halogens is 1. The van der Waals surface area contributed by atoms with Gasteiger partial charge in [-0.3, -0.25) is 4.79 Å². The first-order valence-corrected chi connectivity index (χ1v) is 6.40. The van der Waals surface area contributed by atoms with Gasteiger partial charge in [0.15, 0.2) is 0 Å². The van der Waals surface area contributed by atoms with Crippen molar-refractivity contribution in [3.05, 3.63) is 29.6 Å². The highest BCUT2D eigenvalue weighted by molar-refractivity contribution is 5.76. The number of ether oxygens (including phenoxy) is 1. The van der Waals surface area contributed by atoms with Crippen molar-refractivity contribution in [3.63, 3.8) is 0 Å². The predicted octanol–water partition coefficient (Wildman–Crippen LogP) is 1.54. The van der Waals surface area contributed by atoms with Gasteiger partial charge in [-0.15, -0.1) is 0 Å². The molecule has 2 rings (SSSR count). The standard InChI is InChI=1S/C14H19FN2O2/c1-17-9-11(4-6-14(17)18)16-8-10-3-5-12(19-2)7-13(10)15/h3,5,7,11,16H,4,6,8-9H2,1-2H3. The van der Waals surface area contributed by atoms with Crippen LogP contribution in [-0.4, -0.2) is 37.6 Å². The van der Waals surface area contributed by atoms with Crippen molar-refractivity contribution in [2.24, 2.45) is 0 Å². The molecular formula is C14H19FN2O2. The van der Waals surface area contributed by atoms with Crippen molar-refractivity contribution in [2.75, 3.05) is 20.7 Å². The van der Waals surface area contributed by atoms with Gasteiger partial charge in [0.1, 0.15) is 11.6 Å². The molecule has 1 aromatic rings. The SMILES string of the molecule is COc1ccc(CNC2CCC(=O)N(C)C2)c(F)c1. The number of hydrogen-bond donors (Lipinski definition) is 1. The van der Waals surface area contributed by atoms with E-state index in [1.54, 1.807) is 24.1 Å². The summed E-state index contributed by atoms with van der Waals surface area (Å²) in [6, 6.07) is 5.08. The van der Waals surface area contributed by atoms with Crippen LogP contribution in [0.15, 0.2) is 18.2 Å². The molecule has 1 heterocycles. The fourth-order valence-corrected chi connectivity index (χ4v) is 2.23. The minimum Gasteiger partial charge on any atom is -0.497 e. The second kappa shape index (κ2) is 6.02. The molecule has 1 fully saturated rings. The van der Waals surface area contributed by atoms with Gasteiger partial charge in [0, 0.05) is 44.2 Å². The van der Waals surface area contributed by atoms with E-state index in [9.17, 15) is 9.18 Å². The Morgan fingerprint density at radius 3 is 2.95 bits per heavy atom. The maximum atomic E-state index is 13.7. The van der Waals surface area contributed by atoms with Crippen molar-refractivity contribution >= 4 is 5.91 Å². The van der Waals surface area contributed by atoms with Gasteiger partial charge in [-0.25, -0.2) is 4.39 Å². The molecule has 0 spiro atoms. The molecule has 0 saturated carbocycles. The van der Waals surface area contributed by atoms with Gasteiger partial charge < -0.3 is 15.0 Å². The number of piperidine rings is 1. The number of rotatable bonds is 4. The molecule has 5 heteroatoms. The fourth-order valence-electron chi connectivity index (χ4n) is 2.23. The number of hydrogen-bond acceptors (Lipinski definition) is 3. The number of nitrogens with one attached hydrogen (secondary N) is 1. The minimum absolute atomic E-state index is 0.175. The van der Waals surface area contributed by atoms with Crippen LogP contribution in [0.4, 0.5) is 4.39 Å². The predicted molar refractivity (Wildman–Crippen MR) is 70.5 cm³/mol. The molecule has 1 unspecified atom stereocenters. The fraction of sp³-hybridized carbons (Fsp3) is 0.500. The number of methoxy groups -OCH3 is 1. The zero-order chi connectivity index (χ0) is 13.8. The molecule has 1 aromatic carbocycles. The van der Waals surface area contributed by atoms with E-state index in [0.717, 1.165) is 6.42 Å². The quantitative estimate of drug-likeness (QED) is 0.899. The number of likely N-dealkylation sites (N-methyl/N-ethyl adjacent to an activating group) is 1. The van der Waals surface area contributed by atoms with Crippen molar-refractivity contribution in [1.29, 1.82) is 0 Å².